The van der Waals surface area contributed by atoms with Gasteiger partial charge in [0.2, 0.25) is 0 Å². The summed E-state index contributed by atoms with van der Waals surface area (Å²) in [5.41, 5.74) is 1.23. The van der Waals surface area contributed by atoms with Crippen LogP contribution in [0.3, 0.4) is 0 Å². The van der Waals surface area contributed by atoms with Crippen LogP contribution in [0.2, 0.25) is 0 Å². The molecule has 0 atom stereocenters. The summed E-state index contributed by atoms with van der Waals surface area (Å²) in [6, 6.07) is 16.1. The minimum Gasteiger partial charge on any atom is -0.456 e. The third-order valence-electron chi connectivity index (χ3n) is 5.73. The minimum absolute atomic E-state index is 0.151. The van der Waals surface area contributed by atoms with Gasteiger partial charge in [-0.25, -0.2) is 14.3 Å². The molecule has 2 aromatic carbocycles. The predicted molar refractivity (Wildman–Crippen MR) is 132 cm³/mol. The predicted octanol–water partition coefficient (Wildman–Crippen LogP) is 1.79. The summed E-state index contributed by atoms with van der Waals surface area (Å²) in [5.74, 6) is -1.26. The van der Waals surface area contributed by atoms with Gasteiger partial charge in [0, 0.05) is 19.2 Å². The van der Waals surface area contributed by atoms with Crippen LogP contribution in [0, 0.1) is 6.92 Å². The van der Waals surface area contributed by atoms with Gasteiger partial charge in [-0.15, -0.1) is 0 Å². The Balaban J connectivity index is 1.64. The van der Waals surface area contributed by atoms with Crippen molar-refractivity contribution in [1.82, 2.24) is 18.7 Å². The highest BCUT2D eigenvalue weighted by Gasteiger charge is 2.21. The number of carbonyl (C=O) groups is 2. The molecule has 0 radical (unpaired) electrons. The van der Waals surface area contributed by atoms with E-state index >= 15 is 0 Å². The van der Waals surface area contributed by atoms with Crippen molar-refractivity contribution in [3.63, 3.8) is 0 Å². The number of rotatable bonds is 10. The Labute approximate surface area is 206 Å². The van der Waals surface area contributed by atoms with Crippen molar-refractivity contribution in [2.75, 3.05) is 20.3 Å². The van der Waals surface area contributed by atoms with Crippen LogP contribution in [-0.4, -0.2) is 50.8 Å². The van der Waals surface area contributed by atoms with Crippen molar-refractivity contribution in [1.29, 1.82) is 0 Å². The zero-order chi connectivity index (χ0) is 25.7. The van der Waals surface area contributed by atoms with Gasteiger partial charge in [0.15, 0.2) is 23.6 Å². The van der Waals surface area contributed by atoms with Crippen LogP contribution in [0.15, 0.2) is 70.5 Å². The molecule has 0 fully saturated rings. The highest BCUT2D eigenvalue weighted by atomic mass is 16.5. The van der Waals surface area contributed by atoms with E-state index in [1.54, 1.807) is 28.8 Å². The van der Waals surface area contributed by atoms with Crippen LogP contribution in [0.5, 0.6) is 0 Å². The Morgan fingerprint density at radius 2 is 1.69 bits per heavy atom. The smallest absolute Gasteiger partial charge is 0.333 e. The Hall–Kier alpha value is -4.31. The first-order valence-electron chi connectivity index (χ1n) is 11.4. The molecule has 10 heteroatoms. The number of aryl methyl sites for hydroxylation is 1. The fourth-order valence-corrected chi connectivity index (χ4v) is 3.79. The first-order chi connectivity index (χ1) is 17.4. The summed E-state index contributed by atoms with van der Waals surface area (Å²) in [6.07, 6.45) is 1.47. The van der Waals surface area contributed by atoms with Gasteiger partial charge >= 0.3 is 11.7 Å². The van der Waals surface area contributed by atoms with E-state index in [1.165, 1.54) is 18.0 Å². The Morgan fingerprint density at radius 3 is 2.39 bits per heavy atom. The maximum Gasteiger partial charge on any atom is 0.333 e. The molecule has 10 nitrogen and oxygen atoms in total. The summed E-state index contributed by atoms with van der Waals surface area (Å²) >= 11 is 0. The van der Waals surface area contributed by atoms with E-state index in [2.05, 4.69) is 4.98 Å². The lowest BCUT2D eigenvalue weighted by atomic mass is 10.1. The summed E-state index contributed by atoms with van der Waals surface area (Å²) in [6.45, 7) is 1.57. The number of nitrogens with zero attached hydrogens (tertiary/aromatic N) is 4. The molecular weight excluding hydrogens is 464 g/mol. The van der Waals surface area contributed by atoms with Crippen molar-refractivity contribution >= 4 is 22.9 Å². The molecule has 0 saturated carbocycles. The summed E-state index contributed by atoms with van der Waals surface area (Å²) < 4.78 is 14.0. The second-order valence-corrected chi connectivity index (χ2v) is 8.30. The van der Waals surface area contributed by atoms with Crippen molar-refractivity contribution in [3.8, 4) is 0 Å². The number of aromatic nitrogens is 4. The lowest BCUT2D eigenvalue weighted by molar-refractivity contribution is -0.143. The number of ketones is 1. The van der Waals surface area contributed by atoms with Gasteiger partial charge in [-0.05, 0) is 12.5 Å². The number of benzene rings is 2. The second-order valence-electron chi connectivity index (χ2n) is 8.30. The fourth-order valence-electron chi connectivity index (χ4n) is 3.79. The van der Waals surface area contributed by atoms with Crippen molar-refractivity contribution < 1.29 is 19.1 Å². The molecule has 0 unspecified atom stereocenters. The number of carbonyl (C=O) groups excluding carboxylic acids is 2. The third-order valence-corrected chi connectivity index (χ3v) is 5.73. The summed E-state index contributed by atoms with van der Waals surface area (Å²) in [4.78, 5) is 55.9. The van der Waals surface area contributed by atoms with Crippen molar-refractivity contribution in [2.45, 2.75) is 26.6 Å². The molecule has 4 aromatic rings. The molecule has 2 aromatic heterocycles. The van der Waals surface area contributed by atoms with Gasteiger partial charge in [0.05, 0.1) is 19.5 Å². The summed E-state index contributed by atoms with van der Waals surface area (Å²) in [5, 5.41) is 0. The average Bonchev–Trinajstić information content (AvgIpc) is 3.31. The average molecular weight is 491 g/mol. The van der Waals surface area contributed by atoms with Gasteiger partial charge < -0.3 is 14.0 Å². The molecule has 186 valence electrons. The molecule has 0 spiro atoms. The number of methoxy groups -OCH3 is 1. The molecular formula is C26H26N4O6. The van der Waals surface area contributed by atoms with Crippen LogP contribution >= 0.6 is 0 Å². The second kappa shape index (κ2) is 11.0. The van der Waals surface area contributed by atoms with E-state index in [0.29, 0.717) is 18.7 Å². The maximum atomic E-state index is 13.3. The normalized spacial score (nSPS) is 11.1. The van der Waals surface area contributed by atoms with E-state index in [-0.39, 0.29) is 23.5 Å². The first-order valence-corrected chi connectivity index (χ1v) is 11.4. The Morgan fingerprint density at radius 1 is 0.972 bits per heavy atom. The molecule has 0 N–H and O–H groups in total. The molecule has 0 aliphatic carbocycles. The molecule has 36 heavy (non-hydrogen) atoms. The van der Waals surface area contributed by atoms with Crippen LogP contribution in [-0.2, 0) is 33.9 Å². The number of hydrogen-bond donors (Lipinski definition) is 0. The van der Waals surface area contributed by atoms with Gasteiger partial charge in [-0.1, -0.05) is 60.2 Å². The number of esters is 1. The van der Waals surface area contributed by atoms with Gasteiger partial charge in [0.25, 0.3) is 5.56 Å². The van der Waals surface area contributed by atoms with Gasteiger partial charge in [-0.2, -0.15) is 0 Å². The highest BCUT2D eigenvalue weighted by molar-refractivity contribution is 5.97. The monoisotopic (exact) mass is 490 g/mol. The van der Waals surface area contributed by atoms with Crippen LogP contribution in [0.4, 0.5) is 0 Å². The quantitative estimate of drug-likeness (QED) is 0.246. The van der Waals surface area contributed by atoms with Crippen LogP contribution in [0.1, 0.15) is 21.5 Å². The number of ether oxygens (including phenoxy) is 2. The van der Waals surface area contributed by atoms with E-state index in [9.17, 15) is 19.2 Å². The van der Waals surface area contributed by atoms with Crippen molar-refractivity contribution in [2.24, 2.45) is 0 Å². The summed E-state index contributed by atoms with van der Waals surface area (Å²) in [7, 11) is 1.54. The Kier molecular flexibility index (Phi) is 7.55. The van der Waals surface area contributed by atoms with Crippen LogP contribution < -0.4 is 11.2 Å². The molecule has 0 aliphatic rings. The van der Waals surface area contributed by atoms with Gasteiger partial charge in [0.1, 0.15) is 6.54 Å². The fraction of sp³-hybridized carbons (Fsp3) is 0.269. The molecule has 4 rings (SSSR count). The van der Waals surface area contributed by atoms with E-state index < -0.39 is 30.4 Å². The molecule has 0 bridgehead atoms. The number of imidazole rings is 1. The molecule has 0 saturated heterocycles. The highest BCUT2D eigenvalue weighted by Crippen LogP contribution is 2.10. The molecule has 0 aliphatic heterocycles. The maximum absolute atomic E-state index is 13.3. The standard InChI is InChI=1S/C26H26N4O6/c1-18-8-10-20(11-9-18)21(31)16-36-22(32)15-30-25(33)23-24(27-17-28(23)12-13-35-2)29(26(30)34)14-19-6-4-3-5-7-19/h3-11,17H,12-16H2,1-2H3. The largest absolute Gasteiger partial charge is 0.456 e. The zero-order valence-electron chi connectivity index (χ0n) is 20.0. The minimum atomic E-state index is -0.872. The van der Waals surface area contributed by atoms with E-state index in [1.807, 2.05) is 37.3 Å². The van der Waals surface area contributed by atoms with E-state index in [4.69, 9.17) is 9.47 Å². The number of hydrogen-bond acceptors (Lipinski definition) is 7. The molecule has 0 amide bonds. The van der Waals surface area contributed by atoms with Crippen molar-refractivity contribution in [3.05, 3.63) is 98.5 Å². The SMILES string of the molecule is COCCn1cnc2c1c(=O)n(CC(=O)OCC(=O)c1ccc(C)cc1)c(=O)n2Cc1ccccc1. The number of fused-ring (bicyclic) bond motifs is 1. The van der Waals surface area contributed by atoms with E-state index in [0.717, 1.165) is 15.7 Å². The topological polar surface area (TPSA) is 114 Å². The molecule has 2 heterocycles. The third kappa shape index (κ3) is 5.33. The lowest BCUT2D eigenvalue weighted by Crippen LogP contribution is -2.43. The Bertz CT molecular complexity index is 1500. The first kappa shape index (κ1) is 24.8. The number of Topliss-reactive ketones (excluding diaryl/α,β-unsaturated/α-hetero) is 1. The van der Waals surface area contributed by atoms with Crippen LogP contribution in [0.25, 0.3) is 11.2 Å². The van der Waals surface area contributed by atoms with Gasteiger partial charge in [-0.3, -0.25) is 19.0 Å². The zero-order valence-corrected chi connectivity index (χ0v) is 20.0. The lowest BCUT2D eigenvalue weighted by Gasteiger charge is -2.13.